The highest BCUT2D eigenvalue weighted by Gasteiger charge is 2.25. The van der Waals surface area contributed by atoms with Crippen LogP contribution in [0.25, 0.3) is 0 Å². The van der Waals surface area contributed by atoms with Gasteiger partial charge in [0.25, 0.3) is 10.0 Å². The fourth-order valence-corrected chi connectivity index (χ4v) is 4.21. The Morgan fingerprint density at radius 2 is 1.92 bits per heavy atom. The molecule has 0 bridgehead atoms. The Labute approximate surface area is 145 Å². The number of halogens is 1. The largest absolute Gasteiger partial charge is 0.366 e. The van der Waals surface area contributed by atoms with Gasteiger partial charge < -0.3 is 5.73 Å². The summed E-state index contributed by atoms with van der Waals surface area (Å²) in [6, 6.07) is 4.14. The minimum absolute atomic E-state index is 0.0280. The molecule has 3 N–H and O–H groups in total. The van der Waals surface area contributed by atoms with Crippen LogP contribution in [0.15, 0.2) is 23.1 Å². The van der Waals surface area contributed by atoms with E-state index in [0.29, 0.717) is 11.4 Å². The number of anilines is 1. The molecule has 0 radical (unpaired) electrons. The second-order valence-corrected chi connectivity index (χ2v) is 7.79. The topological polar surface area (TPSA) is 107 Å². The molecular weight excluding hydrogens is 352 g/mol. The Morgan fingerprint density at radius 3 is 2.42 bits per heavy atom. The lowest BCUT2D eigenvalue weighted by Crippen LogP contribution is -2.16. The summed E-state index contributed by atoms with van der Waals surface area (Å²) >= 11 is 5.92. The van der Waals surface area contributed by atoms with Crippen molar-refractivity contribution in [3.05, 3.63) is 40.2 Å². The van der Waals surface area contributed by atoms with Crippen LogP contribution in [0.5, 0.6) is 0 Å². The van der Waals surface area contributed by atoms with E-state index in [-0.39, 0.29) is 27.2 Å². The molecule has 0 fully saturated rings. The van der Waals surface area contributed by atoms with E-state index in [0.717, 1.165) is 0 Å². The number of rotatable bonds is 5. The Bertz CT molecular complexity index is 904. The maximum absolute atomic E-state index is 12.7. The van der Waals surface area contributed by atoms with Crippen LogP contribution in [0.4, 0.5) is 5.69 Å². The number of nitrogens with zero attached hydrogens (tertiary/aromatic N) is 2. The lowest BCUT2D eigenvalue weighted by Gasteiger charge is -2.11. The Kier molecular flexibility index (Phi) is 4.91. The standard InChI is InChI=1S/C15H19ClN4O3S/c1-8(2)20-10(4)14(9(3)18-20)24(22,23)19-13-6-11(15(17)21)5-12(16)7-13/h5-8,19H,1-4H3,(H2,17,21). The number of sulfonamides is 1. The summed E-state index contributed by atoms with van der Waals surface area (Å²) in [5.41, 5.74) is 6.43. The van der Waals surface area contributed by atoms with Crippen LogP contribution in [-0.4, -0.2) is 24.1 Å². The third-order valence-electron chi connectivity index (χ3n) is 3.45. The summed E-state index contributed by atoms with van der Waals surface area (Å²) in [6.45, 7) is 7.16. The van der Waals surface area contributed by atoms with E-state index >= 15 is 0 Å². The van der Waals surface area contributed by atoms with Crippen molar-refractivity contribution in [3.63, 3.8) is 0 Å². The molecule has 0 saturated heterocycles. The number of hydrogen-bond acceptors (Lipinski definition) is 4. The molecule has 130 valence electrons. The molecular formula is C15H19ClN4O3S. The zero-order valence-corrected chi connectivity index (χ0v) is 15.4. The van der Waals surface area contributed by atoms with Crippen molar-refractivity contribution >= 4 is 33.2 Å². The Morgan fingerprint density at radius 1 is 1.29 bits per heavy atom. The lowest BCUT2D eigenvalue weighted by atomic mass is 10.2. The van der Waals surface area contributed by atoms with Crippen molar-refractivity contribution < 1.29 is 13.2 Å². The number of benzene rings is 1. The maximum atomic E-state index is 12.7. The van der Waals surface area contributed by atoms with Crippen LogP contribution in [-0.2, 0) is 10.0 Å². The van der Waals surface area contributed by atoms with Crippen LogP contribution >= 0.6 is 11.6 Å². The summed E-state index contributed by atoms with van der Waals surface area (Å²) in [7, 11) is -3.89. The quantitative estimate of drug-likeness (QED) is 0.843. The summed E-state index contributed by atoms with van der Waals surface area (Å²) in [5.74, 6) is -0.696. The normalized spacial score (nSPS) is 11.8. The van der Waals surface area contributed by atoms with E-state index in [4.69, 9.17) is 17.3 Å². The van der Waals surface area contributed by atoms with Gasteiger partial charge in [-0.05, 0) is 45.9 Å². The average molecular weight is 371 g/mol. The van der Waals surface area contributed by atoms with E-state index in [2.05, 4.69) is 9.82 Å². The van der Waals surface area contributed by atoms with Gasteiger partial charge in [-0.1, -0.05) is 11.6 Å². The van der Waals surface area contributed by atoms with Crippen LogP contribution in [0.1, 0.15) is 41.6 Å². The molecule has 9 heteroatoms. The van der Waals surface area contributed by atoms with Crippen LogP contribution in [0, 0.1) is 13.8 Å². The molecule has 1 aromatic carbocycles. The van der Waals surface area contributed by atoms with Crippen LogP contribution < -0.4 is 10.5 Å². The second kappa shape index (κ2) is 6.45. The van der Waals surface area contributed by atoms with Gasteiger partial charge in [0.05, 0.1) is 17.1 Å². The third kappa shape index (κ3) is 3.54. The summed E-state index contributed by atoms with van der Waals surface area (Å²) in [6.07, 6.45) is 0. The van der Waals surface area contributed by atoms with Gasteiger partial charge in [-0.15, -0.1) is 0 Å². The van der Waals surface area contributed by atoms with Crippen molar-refractivity contribution in [1.29, 1.82) is 0 Å². The highest BCUT2D eigenvalue weighted by atomic mass is 35.5. The number of carbonyl (C=O) groups excluding carboxylic acids is 1. The molecule has 1 aromatic heterocycles. The lowest BCUT2D eigenvalue weighted by molar-refractivity contribution is 0.100. The first kappa shape index (κ1) is 18.3. The predicted molar refractivity (Wildman–Crippen MR) is 92.9 cm³/mol. The molecule has 0 unspecified atom stereocenters. The second-order valence-electron chi connectivity index (χ2n) is 5.74. The first-order valence-electron chi connectivity index (χ1n) is 7.22. The van der Waals surface area contributed by atoms with E-state index < -0.39 is 15.9 Å². The number of nitrogens with two attached hydrogens (primary N) is 1. The first-order chi connectivity index (χ1) is 11.0. The molecule has 0 spiro atoms. The molecule has 0 aliphatic heterocycles. The molecule has 2 rings (SSSR count). The SMILES string of the molecule is Cc1nn(C(C)C)c(C)c1S(=O)(=O)Nc1cc(Cl)cc(C(N)=O)c1. The minimum atomic E-state index is -3.89. The van der Waals surface area contributed by atoms with Crippen molar-refractivity contribution in [1.82, 2.24) is 9.78 Å². The van der Waals surface area contributed by atoms with Crippen LogP contribution in [0.2, 0.25) is 5.02 Å². The number of primary amides is 1. The van der Waals surface area contributed by atoms with Gasteiger partial charge in [-0.2, -0.15) is 5.10 Å². The van der Waals surface area contributed by atoms with Crippen molar-refractivity contribution in [2.24, 2.45) is 5.73 Å². The van der Waals surface area contributed by atoms with E-state index in [1.165, 1.54) is 18.2 Å². The van der Waals surface area contributed by atoms with Crippen molar-refractivity contribution in [2.45, 2.75) is 38.6 Å². The number of aryl methyl sites for hydroxylation is 1. The number of nitrogens with one attached hydrogen (secondary N) is 1. The molecule has 0 atom stereocenters. The molecule has 1 heterocycles. The number of carbonyl (C=O) groups is 1. The Hall–Kier alpha value is -2.06. The van der Waals surface area contributed by atoms with E-state index in [9.17, 15) is 13.2 Å². The number of aromatic nitrogens is 2. The van der Waals surface area contributed by atoms with Gasteiger partial charge in [-0.25, -0.2) is 8.42 Å². The average Bonchev–Trinajstić information content (AvgIpc) is 2.73. The Balaban J connectivity index is 2.49. The minimum Gasteiger partial charge on any atom is -0.366 e. The number of amides is 1. The summed E-state index contributed by atoms with van der Waals surface area (Å²) in [5, 5.41) is 4.48. The van der Waals surface area contributed by atoms with E-state index in [1.54, 1.807) is 18.5 Å². The van der Waals surface area contributed by atoms with Gasteiger partial charge >= 0.3 is 0 Å². The molecule has 0 saturated carbocycles. The maximum Gasteiger partial charge on any atom is 0.265 e. The monoisotopic (exact) mass is 370 g/mol. The molecule has 0 aliphatic rings. The summed E-state index contributed by atoms with van der Waals surface area (Å²) < 4.78 is 29.6. The van der Waals surface area contributed by atoms with Gasteiger partial charge in [0.2, 0.25) is 5.91 Å². The molecule has 7 nitrogen and oxygen atoms in total. The van der Waals surface area contributed by atoms with Crippen molar-refractivity contribution in [2.75, 3.05) is 4.72 Å². The smallest absolute Gasteiger partial charge is 0.265 e. The molecule has 24 heavy (non-hydrogen) atoms. The van der Waals surface area contributed by atoms with Gasteiger partial charge in [0.15, 0.2) is 0 Å². The van der Waals surface area contributed by atoms with Crippen molar-refractivity contribution in [3.8, 4) is 0 Å². The van der Waals surface area contributed by atoms with E-state index in [1.807, 2.05) is 13.8 Å². The number of hydrogen-bond donors (Lipinski definition) is 2. The van der Waals surface area contributed by atoms with Crippen LogP contribution in [0.3, 0.4) is 0 Å². The predicted octanol–water partition coefficient (Wildman–Crippen LogP) is 2.63. The first-order valence-corrected chi connectivity index (χ1v) is 9.08. The zero-order valence-electron chi connectivity index (χ0n) is 13.8. The zero-order chi connectivity index (χ0) is 18.2. The molecule has 0 aliphatic carbocycles. The fraction of sp³-hybridized carbons (Fsp3) is 0.333. The highest BCUT2D eigenvalue weighted by Crippen LogP contribution is 2.26. The van der Waals surface area contributed by atoms with Gasteiger partial charge in [-0.3, -0.25) is 14.2 Å². The van der Waals surface area contributed by atoms with Gasteiger partial charge in [0.1, 0.15) is 4.90 Å². The molecule has 1 amide bonds. The summed E-state index contributed by atoms with van der Waals surface area (Å²) in [4.78, 5) is 11.4. The molecule has 2 aromatic rings. The highest BCUT2D eigenvalue weighted by molar-refractivity contribution is 7.92. The fourth-order valence-electron chi connectivity index (χ4n) is 2.54. The third-order valence-corrected chi connectivity index (χ3v) is 5.30. The van der Waals surface area contributed by atoms with Gasteiger partial charge in [0, 0.05) is 16.6 Å².